The van der Waals surface area contributed by atoms with E-state index in [0.29, 0.717) is 11.5 Å². The lowest BCUT2D eigenvalue weighted by molar-refractivity contribution is -0.134. The van der Waals surface area contributed by atoms with Gasteiger partial charge < -0.3 is 14.2 Å². The lowest BCUT2D eigenvalue weighted by Gasteiger charge is -2.39. The van der Waals surface area contributed by atoms with Crippen molar-refractivity contribution in [3.63, 3.8) is 0 Å². The summed E-state index contributed by atoms with van der Waals surface area (Å²) in [6.07, 6.45) is 8.22. The number of hydrogen-bond acceptors (Lipinski definition) is 4. The average molecular weight is 345 g/mol. The molecule has 6 nitrogen and oxygen atoms in total. The van der Waals surface area contributed by atoms with Gasteiger partial charge in [-0.05, 0) is 50.6 Å². The number of nitrogens with zero attached hydrogens (tertiary/aromatic N) is 3. The highest BCUT2D eigenvalue weighted by Crippen LogP contribution is 2.43. The van der Waals surface area contributed by atoms with Crippen molar-refractivity contribution in [1.82, 2.24) is 14.7 Å². The van der Waals surface area contributed by atoms with Gasteiger partial charge in [0, 0.05) is 32.7 Å². The Balaban J connectivity index is 1.38. The number of amides is 2. The van der Waals surface area contributed by atoms with Gasteiger partial charge in [-0.2, -0.15) is 0 Å². The fourth-order valence-electron chi connectivity index (χ4n) is 4.81. The van der Waals surface area contributed by atoms with E-state index in [0.717, 1.165) is 64.8 Å². The van der Waals surface area contributed by atoms with Crippen molar-refractivity contribution >= 4 is 11.8 Å². The molecule has 1 atom stereocenters. The molecule has 0 saturated carbocycles. The Kier molecular flexibility index (Phi) is 4.31. The standard InChI is InChI=1S/C19H27N3O3/c1-20-14-19(12-16(20)18(24)21-7-2-3-8-21)5-9-22(10-6-19)17(23)15-4-11-25-13-15/h4,11,13,16H,2-3,5-10,12,14H2,1H3. The van der Waals surface area contributed by atoms with Crippen LogP contribution >= 0.6 is 0 Å². The number of furan rings is 1. The molecule has 0 aliphatic carbocycles. The van der Waals surface area contributed by atoms with Crippen molar-refractivity contribution in [2.75, 3.05) is 39.8 Å². The molecule has 1 aromatic heterocycles. The fourth-order valence-corrected chi connectivity index (χ4v) is 4.81. The van der Waals surface area contributed by atoms with E-state index in [1.807, 2.05) is 9.80 Å². The second kappa shape index (κ2) is 6.48. The average Bonchev–Trinajstić information content (AvgIpc) is 3.36. The molecule has 1 unspecified atom stereocenters. The van der Waals surface area contributed by atoms with Gasteiger partial charge in [0.1, 0.15) is 6.26 Å². The van der Waals surface area contributed by atoms with E-state index in [-0.39, 0.29) is 17.4 Å². The van der Waals surface area contributed by atoms with Crippen LogP contribution in [0.2, 0.25) is 0 Å². The van der Waals surface area contributed by atoms with E-state index in [2.05, 4.69) is 11.9 Å². The third-order valence-corrected chi connectivity index (χ3v) is 6.33. The molecule has 3 aliphatic heterocycles. The van der Waals surface area contributed by atoms with Crippen LogP contribution in [-0.2, 0) is 4.79 Å². The van der Waals surface area contributed by atoms with Crippen LogP contribution in [0.25, 0.3) is 0 Å². The van der Waals surface area contributed by atoms with Gasteiger partial charge in [-0.25, -0.2) is 0 Å². The molecular formula is C19H27N3O3. The van der Waals surface area contributed by atoms with Crippen LogP contribution in [0.4, 0.5) is 0 Å². The van der Waals surface area contributed by atoms with Crippen LogP contribution < -0.4 is 0 Å². The molecule has 1 spiro atoms. The first kappa shape index (κ1) is 16.6. The molecule has 0 aromatic carbocycles. The number of carbonyl (C=O) groups is 2. The van der Waals surface area contributed by atoms with Crippen LogP contribution in [0.1, 0.15) is 42.5 Å². The van der Waals surface area contributed by atoms with E-state index in [4.69, 9.17) is 4.42 Å². The molecule has 0 bridgehead atoms. The predicted octanol–water partition coefficient (Wildman–Crippen LogP) is 1.83. The van der Waals surface area contributed by atoms with Crippen LogP contribution in [0.3, 0.4) is 0 Å². The number of carbonyl (C=O) groups excluding carboxylic acids is 2. The Labute approximate surface area is 148 Å². The minimum Gasteiger partial charge on any atom is -0.472 e. The maximum absolute atomic E-state index is 12.8. The molecule has 25 heavy (non-hydrogen) atoms. The molecule has 6 heteroatoms. The first-order valence-corrected chi connectivity index (χ1v) is 9.39. The molecule has 3 saturated heterocycles. The highest BCUT2D eigenvalue weighted by atomic mass is 16.3. The first-order chi connectivity index (χ1) is 12.1. The number of hydrogen-bond donors (Lipinski definition) is 0. The lowest BCUT2D eigenvalue weighted by atomic mass is 9.76. The summed E-state index contributed by atoms with van der Waals surface area (Å²) in [7, 11) is 2.08. The lowest BCUT2D eigenvalue weighted by Crippen LogP contribution is -2.44. The Hall–Kier alpha value is -1.82. The minimum atomic E-state index is 0.0224. The summed E-state index contributed by atoms with van der Waals surface area (Å²) in [6.45, 7) is 4.34. The second-order valence-corrected chi connectivity index (χ2v) is 7.97. The molecule has 1 aromatic rings. The normalized spacial score (nSPS) is 26.5. The fraction of sp³-hybridized carbons (Fsp3) is 0.684. The molecule has 2 amide bonds. The second-order valence-electron chi connectivity index (χ2n) is 7.97. The van der Waals surface area contributed by atoms with E-state index < -0.39 is 0 Å². The minimum absolute atomic E-state index is 0.0224. The number of likely N-dealkylation sites (tertiary alicyclic amines) is 3. The Morgan fingerprint density at radius 3 is 2.48 bits per heavy atom. The summed E-state index contributed by atoms with van der Waals surface area (Å²) < 4.78 is 5.03. The van der Waals surface area contributed by atoms with E-state index in [9.17, 15) is 9.59 Å². The van der Waals surface area contributed by atoms with Gasteiger partial charge in [0.05, 0.1) is 17.9 Å². The summed E-state index contributed by atoms with van der Waals surface area (Å²) in [6, 6.07) is 1.75. The molecule has 136 valence electrons. The van der Waals surface area contributed by atoms with Crippen molar-refractivity contribution in [1.29, 1.82) is 0 Å². The molecule has 0 radical (unpaired) electrons. The van der Waals surface area contributed by atoms with Crippen molar-refractivity contribution in [2.45, 2.75) is 38.1 Å². The number of rotatable bonds is 2. The van der Waals surface area contributed by atoms with Gasteiger partial charge >= 0.3 is 0 Å². The predicted molar refractivity (Wildman–Crippen MR) is 93.1 cm³/mol. The SMILES string of the molecule is CN1CC2(CCN(C(=O)c3ccoc3)CC2)CC1C(=O)N1CCCC1. The van der Waals surface area contributed by atoms with Gasteiger partial charge in [0.2, 0.25) is 5.91 Å². The maximum atomic E-state index is 12.8. The third-order valence-electron chi connectivity index (χ3n) is 6.33. The number of likely N-dealkylation sites (N-methyl/N-ethyl adjacent to an activating group) is 1. The summed E-state index contributed by atoms with van der Waals surface area (Å²) >= 11 is 0. The summed E-state index contributed by atoms with van der Waals surface area (Å²) in [5.41, 5.74) is 0.809. The Morgan fingerprint density at radius 1 is 1.12 bits per heavy atom. The summed E-state index contributed by atoms with van der Waals surface area (Å²) in [5.74, 6) is 0.369. The topological polar surface area (TPSA) is 57.0 Å². The number of piperidine rings is 1. The third kappa shape index (κ3) is 3.08. The maximum Gasteiger partial charge on any atom is 0.257 e. The Bertz CT molecular complexity index is 628. The van der Waals surface area contributed by atoms with E-state index >= 15 is 0 Å². The van der Waals surface area contributed by atoms with Crippen LogP contribution in [0.15, 0.2) is 23.0 Å². The molecule has 4 heterocycles. The van der Waals surface area contributed by atoms with Gasteiger partial charge in [0.15, 0.2) is 0 Å². The van der Waals surface area contributed by atoms with Gasteiger partial charge in [-0.3, -0.25) is 14.5 Å². The highest BCUT2D eigenvalue weighted by molar-refractivity contribution is 5.93. The van der Waals surface area contributed by atoms with Crippen molar-refractivity contribution in [2.24, 2.45) is 5.41 Å². The van der Waals surface area contributed by atoms with Crippen molar-refractivity contribution < 1.29 is 14.0 Å². The van der Waals surface area contributed by atoms with E-state index in [1.165, 1.54) is 6.26 Å². The Morgan fingerprint density at radius 2 is 1.84 bits per heavy atom. The zero-order valence-corrected chi connectivity index (χ0v) is 14.9. The van der Waals surface area contributed by atoms with Crippen molar-refractivity contribution in [3.8, 4) is 0 Å². The monoisotopic (exact) mass is 345 g/mol. The van der Waals surface area contributed by atoms with Gasteiger partial charge in [-0.1, -0.05) is 0 Å². The molecule has 0 N–H and O–H groups in total. The highest BCUT2D eigenvalue weighted by Gasteiger charge is 2.48. The summed E-state index contributed by atoms with van der Waals surface area (Å²) in [4.78, 5) is 31.5. The molecular weight excluding hydrogens is 318 g/mol. The van der Waals surface area contributed by atoms with Gasteiger partial charge in [0.25, 0.3) is 5.91 Å². The molecule has 3 fully saturated rings. The quantitative estimate of drug-likeness (QED) is 0.821. The van der Waals surface area contributed by atoms with Crippen LogP contribution in [0.5, 0.6) is 0 Å². The van der Waals surface area contributed by atoms with Crippen molar-refractivity contribution in [3.05, 3.63) is 24.2 Å². The van der Waals surface area contributed by atoms with Crippen LogP contribution in [-0.4, -0.2) is 72.3 Å². The zero-order chi connectivity index (χ0) is 17.4. The largest absolute Gasteiger partial charge is 0.472 e. The first-order valence-electron chi connectivity index (χ1n) is 9.39. The summed E-state index contributed by atoms with van der Waals surface area (Å²) in [5, 5.41) is 0. The molecule has 3 aliphatic rings. The van der Waals surface area contributed by atoms with E-state index in [1.54, 1.807) is 12.3 Å². The van der Waals surface area contributed by atoms with Gasteiger partial charge in [-0.15, -0.1) is 0 Å². The smallest absolute Gasteiger partial charge is 0.257 e. The zero-order valence-electron chi connectivity index (χ0n) is 14.9. The van der Waals surface area contributed by atoms with Crippen LogP contribution in [0, 0.1) is 5.41 Å². The molecule has 4 rings (SSSR count).